The summed E-state index contributed by atoms with van der Waals surface area (Å²) in [6.07, 6.45) is -0.328. The summed E-state index contributed by atoms with van der Waals surface area (Å²) in [4.78, 5) is 20.2. The molecule has 0 spiro atoms. The molecule has 0 aliphatic rings. The molecule has 0 amide bonds. The zero-order valence-corrected chi connectivity index (χ0v) is 8.20. The zero-order valence-electron chi connectivity index (χ0n) is 8.20. The van der Waals surface area contributed by atoms with Crippen molar-refractivity contribution in [2.45, 2.75) is 32.7 Å². The lowest BCUT2D eigenvalue weighted by Crippen LogP contribution is -2.30. The van der Waals surface area contributed by atoms with Gasteiger partial charge in [-0.1, -0.05) is 13.8 Å². The second-order valence-corrected chi connectivity index (χ2v) is 2.18. The molecule has 0 aliphatic heterocycles. The van der Waals surface area contributed by atoms with E-state index in [1.54, 1.807) is 0 Å². The zero-order chi connectivity index (χ0) is 10.9. The smallest absolute Gasteiger partial charge is 0.304 e. The molecule has 0 saturated carbocycles. The summed E-state index contributed by atoms with van der Waals surface area (Å²) < 4.78 is 0. The Morgan fingerprint density at radius 3 is 1.62 bits per heavy atom. The number of aliphatic carboxylic acids is 2. The van der Waals surface area contributed by atoms with Gasteiger partial charge in [0.25, 0.3) is 0 Å². The monoisotopic (exact) mass is 191 g/mol. The first-order valence-corrected chi connectivity index (χ1v) is 4.17. The Labute approximate surface area is 77.8 Å². The Morgan fingerprint density at radius 2 is 1.46 bits per heavy atom. The van der Waals surface area contributed by atoms with Crippen molar-refractivity contribution < 1.29 is 19.8 Å². The summed E-state index contributed by atoms with van der Waals surface area (Å²) >= 11 is 0. The molecule has 0 aromatic heterocycles. The molecule has 5 nitrogen and oxygen atoms in total. The molecular weight excluding hydrogens is 174 g/mol. The van der Waals surface area contributed by atoms with Gasteiger partial charge in [-0.2, -0.15) is 0 Å². The second-order valence-electron chi connectivity index (χ2n) is 2.18. The van der Waals surface area contributed by atoms with Crippen LogP contribution < -0.4 is 5.32 Å². The van der Waals surface area contributed by atoms with Gasteiger partial charge in [0.1, 0.15) is 0 Å². The maximum Gasteiger partial charge on any atom is 0.304 e. The lowest BCUT2D eigenvalue weighted by atomic mass is 10.1. The van der Waals surface area contributed by atoms with Crippen LogP contribution in [0, 0.1) is 0 Å². The van der Waals surface area contributed by atoms with E-state index < -0.39 is 18.0 Å². The fourth-order valence-corrected chi connectivity index (χ4v) is 0.698. The number of carboxylic acids is 2. The van der Waals surface area contributed by atoms with Gasteiger partial charge in [-0.15, -0.1) is 0 Å². The molecule has 0 rings (SSSR count). The lowest BCUT2D eigenvalue weighted by Gasteiger charge is -2.09. The highest BCUT2D eigenvalue weighted by atomic mass is 16.4. The largest absolute Gasteiger partial charge is 0.481 e. The molecule has 0 saturated heterocycles. The minimum absolute atomic E-state index is 0.164. The van der Waals surface area contributed by atoms with Crippen LogP contribution in [0.4, 0.5) is 0 Å². The summed E-state index contributed by atoms with van der Waals surface area (Å²) in [5.74, 6) is -1.99. The first kappa shape index (κ1) is 14.4. The molecule has 13 heavy (non-hydrogen) atoms. The van der Waals surface area contributed by atoms with Crippen LogP contribution in [0.25, 0.3) is 0 Å². The summed E-state index contributed by atoms with van der Waals surface area (Å²) in [5, 5.41) is 19.2. The molecule has 78 valence electrons. The normalized spacial score (nSPS) is 8.92. The first-order chi connectivity index (χ1) is 6.06. The van der Waals surface area contributed by atoms with Crippen LogP contribution in [-0.4, -0.2) is 35.2 Å². The first-order valence-electron chi connectivity index (χ1n) is 4.17. The second kappa shape index (κ2) is 8.99. The van der Waals surface area contributed by atoms with Crippen molar-refractivity contribution in [2.24, 2.45) is 0 Å². The summed E-state index contributed by atoms with van der Waals surface area (Å²) in [5.41, 5.74) is 0. The van der Waals surface area contributed by atoms with E-state index in [0.29, 0.717) is 0 Å². The van der Waals surface area contributed by atoms with Crippen molar-refractivity contribution in [1.29, 1.82) is 0 Å². The van der Waals surface area contributed by atoms with Crippen molar-refractivity contribution in [3.63, 3.8) is 0 Å². The van der Waals surface area contributed by atoms with Gasteiger partial charge in [0, 0.05) is 6.04 Å². The predicted octanol–water partition coefficient (Wildman–Crippen LogP) is 0.550. The number of rotatable bonds is 5. The fraction of sp³-hybridized carbons (Fsp3) is 0.750. The van der Waals surface area contributed by atoms with E-state index in [-0.39, 0.29) is 12.8 Å². The maximum absolute atomic E-state index is 10.1. The summed E-state index contributed by atoms with van der Waals surface area (Å²) in [7, 11) is 1.54. The average molecular weight is 191 g/mol. The predicted molar refractivity (Wildman–Crippen MR) is 48.7 cm³/mol. The van der Waals surface area contributed by atoms with Crippen molar-refractivity contribution in [3.05, 3.63) is 0 Å². The lowest BCUT2D eigenvalue weighted by molar-refractivity contribution is -0.139. The standard InChI is InChI=1S/C6H11NO4.C2H6/c1-7-4(2-5(8)9)3-6(10)11;1-2/h4,7H,2-3H2,1H3,(H,8,9)(H,10,11);1-2H3. The quantitative estimate of drug-likeness (QED) is 0.590. The fourth-order valence-electron chi connectivity index (χ4n) is 0.698. The molecule has 0 aromatic rings. The molecule has 0 aromatic carbocycles. The van der Waals surface area contributed by atoms with Gasteiger partial charge in [0.05, 0.1) is 12.8 Å². The van der Waals surface area contributed by atoms with E-state index in [9.17, 15) is 9.59 Å². The number of nitrogens with one attached hydrogen (secondary N) is 1. The van der Waals surface area contributed by atoms with Crippen molar-refractivity contribution in [1.82, 2.24) is 5.32 Å². The maximum atomic E-state index is 10.1. The van der Waals surface area contributed by atoms with E-state index in [2.05, 4.69) is 5.32 Å². The average Bonchev–Trinajstić information content (AvgIpc) is 2.05. The molecule has 0 bridgehead atoms. The van der Waals surface area contributed by atoms with Crippen LogP contribution in [0.15, 0.2) is 0 Å². The van der Waals surface area contributed by atoms with E-state index in [4.69, 9.17) is 10.2 Å². The van der Waals surface area contributed by atoms with Crippen LogP contribution in [0.1, 0.15) is 26.7 Å². The van der Waals surface area contributed by atoms with Crippen LogP contribution in [0.5, 0.6) is 0 Å². The molecule has 0 unspecified atom stereocenters. The highest BCUT2D eigenvalue weighted by Crippen LogP contribution is 1.96. The van der Waals surface area contributed by atoms with Gasteiger partial charge in [-0.3, -0.25) is 9.59 Å². The minimum atomic E-state index is -0.995. The van der Waals surface area contributed by atoms with Crippen LogP contribution in [0.3, 0.4) is 0 Å². The Balaban J connectivity index is 0. The van der Waals surface area contributed by atoms with Crippen LogP contribution in [0.2, 0.25) is 0 Å². The van der Waals surface area contributed by atoms with Crippen LogP contribution >= 0.6 is 0 Å². The third-order valence-corrected chi connectivity index (χ3v) is 1.25. The number of carboxylic acid groups (broad SMARTS) is 2. The highest BCUT2D eigenvalue weighted by Gasteiger charge is 2.13. The molecule has 5 heteroatoms. The number of carbonyl (C=O) groups is 2. The molecule has 0 heterocycles. The molecular formula is C8H17NO4. The SMILES string of the molecule is CC.CNC(CC(=O)O)CC(=O)O. The van der Waals surface area contributed by atoms with E-state index in [0.717, 1.165) is 0 Å². The van der Waals surface area contributed by atoms with Crippen molar-refractivity contribution >= 4 is 11.9 Å². The van der Waals surface area contributed by atoms with Gasteiger partial charge >= 0.3 is 11.9 Å². The van der Waals surface area contributed by atoms with Gasteiger partial charge < -0.3 is 15.5 Å². The molecule has 3 N–H and O–H groups in total. The Kier molecular flexibility index (Phi) is 9.98. The molecule has 0 radical (unpaired) electrons. The van der Waals surface area contributed by atoms with Gasteiger partial charge in [-0.05, 0) is 7.05 Å². The molecule has 0 aliphatic carbocycles. The summed E-state index contributed by atoms with van der Waals surface area (Å²) in [6.45, 7) is 4.00. The Hall–Kier alpha value is -1.10. The van der Waals surface area contributed by atoms with E-state index in [1.165, 1.54) is 7.05 Å². The van der Waals surface area contributed by atoms with E-state index >= 15 is 0 Å². The third-order valence-electron chi connectivity index (χ3n) is 1.25. The number of hydrogen-bond donors (Lipinski definition) is 3. The number of hydrogen-bond acceptors (Lipinski definition) is 3. The van der Waals surface area contributed by atoms with Gasteiger partial charge in [-0.25, -0.2) is 0 Å². The minimum Gasteiger partial charge on any atom is -0.481 e. The Bertz CT molecular complexity index is 142. The van der Waals surface area contributed by atoms with Crippen molar-refractivity contribution in [2.75, 3.05) is 7.05 Å². The van der Waals surface area contributed by atoms with E-state index in [1.807, 2.05) is 13.8 Å². The third kappa shape index (κ3) is 10.9. The Morgan fingerprint density at radius 1 is 1.15 bits per heavy atom. The van der Waals surface area contributed by atoms with Gasteiger partial charge in [0.2, 0.25) is 0 Å². The van der Waals surface area contributed by atoms with Crippen LogP contribution in [-0.2, 0) is 9.59 Å². The van der Waals surface area contributed by atoms with Gasteiger partial charge in [0.15, 0.2) is 0 Å². The molecule has 0 fully saturated rings. The topological polar surface area (TPSA) is 86.6 Å². The highest BCUT2D eigenvalue weighted by molar-refractivity contribution is 5.71. The van der Waals surface area contributed by atoms with Crippen molar-refractivity contribution in [3.8, 4) is 0 Å². The molecule has 0 atom stereocenters. The summed E-state index contributed by atoms with van der Waals surface area (Å²) in [6, 6.07) is -0.481.